The summed E-state index contributed by atoms with van der Waals surface area (Å²) in [6.07, 6.45) is 0. The van der Waals surface area contributed by atoms with E-state index in [9.17, 15) is 13.2 Å². The Morgan fingerprint density at radius 3 is 2.54 bits per heavy atom. The van der Waals surface area contributed by atoms with Crippen LogP contribution < -0.4 is 5.69 Å². The Morgan fingerprint density at radius 2 is 2.15 bits per heavy atom. The number of hydrogen-bond acceptors (Lipinski definition) is 4. The third kappa shape index (κ3) is 1.55. The standard InChI is InChI=1S/C5H6BrN3O3S/c6-4-7-5(10)9(8-4)3-1-13(11,12)2-3/h3H,1-2H2,(H,7,8,10). The lowest BCUT2D eigenvalue weighted by molar-refractivity contribution is 0.461. The molecule has 1 N–H and O–H groups in total. The van der Waals surface area contributed by atoms with Crippen LogP contribution >= 0.6 is 15.9 Å². The highest BCUT2D eigenvalue weighted by atomic mass is 79.9. The van der Waals surface area contributed by atoms with Crippen LogP contribution in [-0.4, -0.2) is 34.7 Å². The molecule has 0 bridgehead atoms. The molecule has 0 spiro atoms. The van der Waals surface area contributed by atoms with E-state index >= 15 is 0 Å². The molecular formula is C5H6BrN3O3S. The predicted molar refractivity (Wildman–Crippen MR) is 48.2 cm³/mol. The van der Waals surface area contributed by atoms with E-state index in [4.69, 9.17) is 0 Å². The van der Waals surface area contributed by atoms with E-state index in [1.54, 1.807) is 0 Å². The molecule has 0 unspecified atom stereocenters. The van der Waals surface area contributed by atoms with Crippen LogP contribution in [0, 0.1) is 0 Å². The molecule has 1 aromatic rings. The van der Waals surface area contributed by atoms with Crippen LogP contribution in [0.25, 0.3) is 0 Å². The lowest BCUT2D eigenvalue weighted by Crippen LogP contribution is -2.42. The zero-order valence-electron chi connectivity index (χ0n) is 6.40. The number of aromatic amines is 1. The highest BCUT2D eigenvalue weighted by Crippen LogP contribution is 2.21. The first kappa shape index (κ1) is 8.95. The molecule has 0 atom stereocenters. The molecule has 13 heavy (non-hydrogen) atoms. The number of H-pyrrole nitrogens is 1. The average Bonchev–Trinajstić information content (AvgIpc) is 2.24. The molecule has 1 saturated heterocycles. The summed E-state index contributed by atoms with van der Waals surface area (Å²) in [7, 11) is -2.92. The van der Waals surface area contributed by atoms with Crippen molar-refractivity contribution in [2.45, 2.75) is 6.04 Å². The molecule has 0 saturated carbocycles. The predicted octanol–water partition coefficient (Wildman–Crippen LogP) is -0.697. The highest BCUT2D eigenvalue weighted by molar-refractivity contribution is 9.10. The van der Waals surface area contributed by atoms with E-state index in [1.807, 2.05) is 0 Å². The first-order valence-electron chi connectivity index (χ1n) is 3.53. The van der Waals surface area contributed by atoms with E-state index < -0.39 is 9.84 Å². The molecule has 0 radical (unpaired) electrons. The van der Waals surface area contributed by atoms with Crippen LogP contribution in [0.1, 0.15) is 6.04 Å². The Morgan fingerprint density at radius 1 is 1.54 bits per heavy atom. The second kappa shape index (κ2) is 2.68. The van der Waals surface area contributed by atoms with Crippen molar-refractivity contribution in [2.75, 3.05) is 11.5 Å². The van der Waals surface area contributed by atoms with E-state index in [0.29, 0.717) is 4.73 Å². The molecular weight excluding hydrogens is 262 g/mol. The van der Waals surface area contributed by atoms with Crippen LogP contribution in [0.15, 0.2) is 9.53 Å². The van der Waals surface area contributed by atoms with Crippen LogP contribution in [0.5, 0.6) is 0 Å². The van der Waals surface area contributed by atoms with Gasteiger partial charge in [-0.2, -0.15) is 0 Å². The quantitative estimate of drug-likeness (QED) is 0.730. The smallest absolute Gasteiger partial charge is 0.283 e. The normalized spacial score (nSPS) is 21.3. The summed E-state index contributed by atoms with van der Waals surface area (Å²) in [6, 6.07) is -0.306. The minimum atomic E-state index is -2.92. The minimum absolute atomic E-state index is 0.00417. The van der Waals surface area contributed by atoms with E-state index in [0.717, 1.165) is 4.68 Å². The molecule has 8 heteroatoms. The Bertz CT molecular complexity index is 475. The molecule has 2 rings (SSSR count). The fraction of sp³-hybridized carbons (Fsp3) is 0.600. The van der Waals surface area contributed by atoms with Crippen LogP contribution in [0.4, 0.5) is 0 Å². The number of halogens is 1. The number of sulfone groups is 1. The van der Waals surface area contributed by atoms with Gasteiger partial charge in [-0.1, -0.05) is 0 Å². The molecule has 2 heterocycles. The van der Waals surface area contributed by atoms with Crippen molar-refractivity contribution < 1.29 is 8.42 Å². The van der Waals surface area contributed by atoms with Gasteiger partial charge in [0.25, 0.3) is 0 Å². The van der Waals surface area contributed by atoms with Gasteiger partial charge in [0, 0.05) is 0 Å². The van der Waals surface area contributed by atoms with Gasteiger partial charge in [0.15, 0.2) is 14.6 Å². The monoisotopic (exact) mass is 267 g/mol. The third-order valence-corrected chi connectivity index (χ3v) is 3.99. The molecule has 1 aliphatic rings. The van der Waals surface area contributed by atoms with Gasteiger partial charge in [-0.25, -0.2) is 17.9 Å². The lowest BCUT2D eigenvalue weighted by Gasteiger charge is -2.24. The number of hydrogen-bond donors (Lipinski definition) is 1. The number of nitrogens with zero attached hydrogens (tertiary/aromatic N) is 2. The van der Waals surface area contributed by atoms with E-state index in [-0.39, 0.29) is 23.2 Å². The molecule has 0 aromatic carbocycles. The summed E-state index contributed by atoms with van der Waals surface area (Å²) in [6.45, 7) is 0. The first-order valence-corrected chi connectivity index (χ1v) is 6.14. The SMILES string of the molecule is O=c1[nH]c(Br)nn1C1CS(=O)(=O)C1. The summed E-state index contributed by atoms with van der Waals surface area (Å²) in [4.78, 5) is 13.5. The van der Waals surface area contributed by atoms with Crippen molar-refractivity contribution in [3.05, 3.63) is 15.2 Å². The largest absolute Gasteiger partial charge is 0.344 e. The van der Waals surface area contributed by atoms with Crippen molar-refractivity contribution in [3.8, 4) is 0 Å². The van der Waals surface area contributed by atoms with Gasteiger partial charge in [-0.05, 0) is 15.9 Å². The van der Waals surface area contributed by atoms with E-state index in [1.165, 1.54) is 0 Å². The maximum absolute atomic E-state index is 11.1. The summed E-state index contributed by atoms with van der Waals surface area (Å²) < 4.78 is 23.1. The van der Waals surface area contributed by atoms with Crippen molar-refractivity contribution in [3.63, 3.8) is 0 Å². The maximum atomic E-state index is 11.1. The average molecular weight is 268 g/mol. The van der Waals surface area contributed by atoms with Gasteiger partial charge in [0.1, 0.15) is 0 Å². The fourth-order valence-corrected chi connectivity index (χ4v) is 2.93. The van der Waals surface area contributed by atoms with Gasteiger partial charge in [0.05, 0.1) is 17.5 Å². The molecule has 0 aliphatic carbocycles. The number of aromatic nitrogens is 3. The Hall–Kier alpha value is -0.630. The van der Waals surface area contributed by atoms with Crippen LogP contribution in [0.3, 0.4) is 0 Å². The van der Waals surface area contributed by atoms with Gasteiger partial charge < -0.3 is 0 Å². The summed E-state index contributed by atoms with van der Waals surface area (Å²) in [5, 5.41) is 3.80. The summed E-state index contributed by atoms with van der Waals surface area (Å²) in [5.41, 5.74) is -0.383. The number of rotatable bonds is 1. The van der Waals surface area contributed by atoms with Gasteiger partial charge in [0.2, 0.25) is 0 Å². The fourth-order valence-electron chi connectivity index (χ4n) is 1.24. The molecule has 6 nitrogen and oxygen atoms in total. The zero-order chi connectivity index (χ0) is 9.64. The van der Waals surface area contributed by atoms with Crippen molar-refractivity contribution in [1.29, 1.82) is 0 Å². The van der Waals surface area contributed by atoms with Gasteiger partial charge in [-0.3, -0.25) is 4.98 Å². The Kier molecular flexibility index (Phi) is 1.84. The highest BCUT2D eigenvalue weighted by Gasteiger charge is 2.36. The van der Waals surface area contributed by atoms with E-state index in [2.05, 4.69) is 26.0 Å². The van der Waals surface area contributed by atoms with Crippen LogP contribution in [-0.2, 0) is 9.84 Å². The third-order valence-electron chi connectivity index (χ3n) is 1.85. The van der Waals surface area contributed by atoms with Crippen LogP contribution in [0.2, 0.25) is 0 Å². The molecule has 1 aliphatic heterocycles. The van der Waals surface area contributed by atoms with Crippen molar-refractivity contribution in [1.82, 2.24) is 14.8 Å². The Balaban J connectivity index is 2.30. The topological polar surface area (TPSA) is 84.8 Å². The summed E-state index contributed by atoms with van der Waals surface area (Å²) in [5.74, 6) is 0.00833. The van der Waals surface area contributed by atoms with Crippen molar-refractivity contribution in [2.24, 2.45) is 0 Å². The zero-order valence-corrected chi connectivity index (χ0v) is 8.80. The molecule has 0 amide bonds. The lowest BCUT2D eigenvalue weighted by atomic mass is 10.4. The van der Waals surface area contributed by atoms with Gasteiger partial charge >= 0.3 is 5.69 Å². The minimum Gasteiger partial charge on any atom is -0.283 e. The molecule has 72 valence electrons. The number of nitrogens with one attached hydrogen (secondary N) is 1. The first-order chi connectivity index (χ1) is 5.98. The molecule has 1 aromatic heterocycles. The van der Waals surface area contributed by atoms with Crippen molar-refractivity contribution >= 4 is 25.8 Å². The second-order valence-corrected chi connectivity index (χ2v) is 5.80. The van der Waals surface area contributed by atoms with Gasteiger partial charge in [-0.15, -0.1) is 5.10 Å². The second-order valence-electron chi connectivity index (χ2n) is 2.90. The summed E-state index contributed by atoms with van der Waals surface area (Å²) >= 11 is 3.00. The molecule has 1 fully saturated rings. The Labute approximate surface area is 82.0 Å². The maximum Gasteiger partial charge on any atom is 0.344 e.